The van der Waals surface area contributed by atoms with E-state index in [1.165, 1.54) is 5.32 Å². The van der Waals surface area contributed by atoms with E-state index >= 15 is 0 Å². The Balaban J connectivity index is 3.50. The lowest BCUT2D eigenvalue weighted by molar-refractivity contribution is -0.140. The molecule has 5 heteroatoms. The molecule has 0 radical (unpaired) electrons. The standard InChI is InChI=1S/C4H7F2NO2/c1-2(3(8)9)7-4(5)6/h2,4,7H,1H3,(H,8,9). The maximum Gasteiger partial charge on any atom is 0.320 e. The van der Waals surface area contributed by atoms with Gasteiger partial charge in [-0.3, -0.25) is 4.79 Å². The van der Waals surface area contributed by atoms with Crippen LogP contribution >= 0.6 is 0 Å². The summed E-state index contributed by atoms with van der Waals surface area (Å²) in [5.41, 5.74) is 0. The van der Waals surface area contributed by atoms with Crippen molar-refractivity contribution in [2.24, 2.45) is 0 Å². The molecular weight excluding hydrogens is 132 g/mol. The predicted molar refractivity (Wildman–Crippen MR) is 26.2 cm³/mol. The third kappa shape index (κ3) is 3.84. The monoisotopic (exact) mass is 139 g/mol. The first kappa shape index (κ1) is 8.29. The highest BCUT2D eigenvalue weighted by Gasteiger charge is 2.13. The Labute approximate surface area is 50.7 Å². The van der Waals surface area contributed by atoms with Crippen LogP contribution in [0.5, 0.6) is 0 Å². The highest BCUT2D eigenvalue weighted by Crippen LogP contribution is 1.89. The largest absolute Gasteiger partial charge is 0.480 e. The zero-order valence-corrected chi connectivity index (χ0v) is 4.77. The Morgan fingerprint density at radius 1 is 1.67 bits per heavy atom. The quantitative estimate of drug-likeness (QED) is 0.552. The smallest absolute Gasteiger partial charge is 0.320 e. The second kappa shape index (κ2) is 3.34. The second-order valence-electron chi connectivity index (χ2n) is 1.53. The van der Waals surface area contributed by atoms with Crippen LogP contribution in [0.1, 0.15) is 6.92 Å². The molecule has 54 valence electrons. The zero-order valence-electron chi connectivity index (χ0n) is 4.77. The van der Waals surface area contributed by atoms with Crippen molar-refractivity contribution in [2.75, 3.05) is 0 Å². The van der Waals surface area contributed by atoms with Crippen LogP contribution in [0, 0.1) is 0 Å². The molecule has 1 atom stereocenters. The summed E-state index contributed by atoms with van der Waals surface area (Å²) in [6.45, 7) is -1.62. The third-order valence-corrected chi connectivity index (χ3v) is 0.746. The number of rotatable bonds is 3. The summed E-state index contributed by atoms with van der Waals surface area (Å²) in [5.74, 6) is -1.28. The average Bonchev–Trinajstić information content (AvgIpc) is 1.63. The number of carboxylic acids is 1. The van der Waals surface area contributed by atoms with E-state index in [0.29, 0.717) is 0 Å². The van der Waals surface area contributed by atoms with E-state index in [9.17, 15) is 13.6 Å². The van der Waals surface area contributed by atoms with Crippen LogP contribution in [0.2, 0.25) is 0 Å². The lowest BCUT2D eigenvalue weighted by Crippen LogP contribution is -2.36. The molecule has 0 rings (SSSR count). The number of aliphatic carboxylic acids is 1. The van der Waals surface area contributed by atoms with Gasteiger partial charge in [0.05, 0.1) is 0 Å². The van der Waals surface area contributed by atoms with Gasteiger partial charge in [0.1, 0.15) is 6.04 Å². The summed E-state index contributed by atoms with van der Waals surface area (Å²) in [5, 5.41) is 9.54. The van der Waals surface area contributed by atoms with Crippen molar-refractivity contribution in [1.29, 1.82) is 0 Å². The van der Waals surface area contributed by atoms with Crippen molar-refractivity contribution in [3.8, 4) is 0 Å². The maximum atomic E-state index is 11.3. The second-order valence-corrected chi connectivity index (χ2v) is 1.53. The fraction of sp³-hybridized carbons (Fsp3) is 0.750. The van der Waals surface area contributed by atoms with E-state index in [0.717, 1.165) is 6.92 Å². The van der Waals surface area contributed by atoms with E-state index in [1.54, 1.807) is 0 Å². The van der Waals surface area contributed by atoms with Crippen molar-refractivity contribution in [3.63, 3.8) is 0 Å². The van der Waals surface area contributed by atoms with E-state index in [2.05, 4.69) is 0 Å². The summed E-state index contributed by atoms with van der Waals surface area (Å²) in [6.07, 6.45) is 0. The molecule has 0 aliphatic heterocycles. The van der Waals surface area contributed by atoms with Gasteiger partial charge < -0.3 is 5.11 Å². The Hall–Kier alpha value is -0.710. The molecule has 0 aromatic heterocycles. The van der Waals surface area contributed by atoms with Gasteiger partial charge in [0.15, 0.2) is 0 Å². The molecule has 0 fully saturated rings. The van der Waals surface area contributed by atoms with Crippen LogP contribution in [0.25, 0.3) is 0 Å². The van der Waals surface area contributed by atoms with Gasteiger partial charge in [0, 0.05) is 0 Å². The number of hydrogen-bond acceptors (Lipinski definition) is 2. The van der Waals surface area contributed by atoms with Gasteiger partial charge in [0.25, 0.3) is 6.55 Å². The average molecular weight is 139 g/mol. The van der Waals surface area contributed by atoms with Gasteiger partial charge in [-0.15, -0.1) is 0 Å². The number of carboxylic acid groups (broad SMARTS) is 1. The molecule has 0 saturated carbocycles. The van der Waals surface area contributed by atoms with Crippen LogP contribution in [-0.4, -0.2) is 23.7 Å². The van der Waals surface area contributed by atoms with Gasteiger partial charge in [-0.1, -0.05) is 0 Å². The summed E-state index contributed by atoms with van der Waals surface area (Å²) in [4.78, 5) is 9.84. The Morgan fingerprint density at radius 2 is 2.11 bits per heavy atom. The van der Waals surface area contributed by atoms with Crippen LogP contribution in [-0.2, 0) is 4.79 Å². The van der Waals surface area contributed by atoms with Gasteiger partial charge in [-0.05, 0) is 6.92 Å². The molecule has 0 bridgehead atoms. The molecular formula is C4H7F2NO2. The summed E-state index contributed by atoms with van der Waals surface area (Å²) in [7, 11) is 0. The number of halogens is 2. The first-order valence-electron chi connectivity index (χ1n) is 2.31. The fourth-order valence-corrected chi connectivity index (χ4v) is 0.260. The van der Waals surface area contributed by atoms with E-state index in [1.807, 2.05) is 0 Å². The van der Waals surface area contributed by atoms with E-state index in [4.69, 9.17) is 5.11 Å². The topological polar surface area (TPSA) is 49.3 Å². The molecule has 0 aliphatic rings. The van der Waals surface area contributed by atoms with Crippen LogP contribution in [0.4, 0.5) is 8.78 Å². The lowest BCUT2D eigenvalue weighted by atomic mass is 10.4. The van der Waals surface area contributed by atoms with Gasteiger partial charge >= 0.3 is 5.97 Å². The molecule has 0 aliphatic carbocycles. The highest BCUT2D eigenvalue weighted by atomic mass is 19.3. The minimum Gasteiger partial charge on any atom is -0.480 e. The molecule has 3 nitrogen and oxygen atoms in total. The lowest BCUT2D eigenvalue weighted by Gasteiger charge is -2.05. The number of hydrogen-bond donors (Lipinski definition) is 2. The van der Waals surface area contributed by atoms with Crippen LogP contribution in [0.3, 0.4) is 0 Å². The molecule has 0 saturated heterocycles. The SMILES string of the molecule is CC(NC(F)F)C(=O)O. The molecule has 2 N–H and O–H groups in total. The maximum absolute atomic E-state index is 11.3. The van der Waals surface area contributed by atoms with Crippen LogP contribution < -0.4 is 5.32 Å². The van der Waals surface area contributed by atoms with Crippen molar-refractivity contribution in [2.45, 2.75) is 19.5 Å². The molecule has 9 heavy (non-hydrogen) atoms. The predicted octanol–water partition coefficient (Wildman–Crippen LogP) is 0.272. The Bertz CT molecular complexity index is 107. The molecule has 0 aromatic rings. The number of nitrogens with one attached hydrogen (secondary N) is 1. The summed E-state index contributed by atoms with van der Waals surface area (Å²) < 4.78 is 22.5. The first-order chi connectivity index (χ1) is 4.04. The van der Waals surface area contributed by atoms with E-state index < -0.39 is 18.6 Å². The van der Waals surface area contributed by atoms with Crippen molar-refractivity contribution in [1.82, 2.24) is 5.32 Å². The minimum absolute atomic E-state index is 1.15. The van der Waals surface area contributed by atoms with Crippen molar-refractivity contribution in [3.05, 3.63) is 0 Å². The summed E-state index contributed by atoms with van der Waals surface area (Å²) >= 11 is 0. The van der Waals surface area contributed by atoms with Gasteiger partial charge in [-0.2, -0.15) is 8.78 Å². The Kier molecular flexibility index (Phi) is 3.08. The Morgan fingerprint density at radius 3 is 2.22 bits per heavy atom. The van der Waals surface area contributed by atoms with E-state index in [-0.39, 0.29) is 0 Å². The highest BCUT2D eigenvalue weighted by molar-refractivity contribution is 5.72. The van der Waals surface area contributed by atoms with Gasteiger partial charge in [0.2, 0.25) is 0 Å². The summed E-state index contributed by atoms with van der Waals surface area (Å²) in [6, 6.07) is -1.19. The molecule has 0 aromatic carbocycles. The van der Waals surface area contributed by atoms with Crippen LogP contribution in [0.15, 0.2) is 0 Å². The zero-order chi connectivity index (χ0) is 7.44. The normalized spacial score (nSPS) is 13.8. The molecule has 1 unspecified atom stereocenters. The van der Waals surface area contributed by atoms with Crippen molar-refractivity contribution < 1.29 is 18.7 Å². The molecule has 0 amide bonds. The number of carbonyl (C=O) groups is 1. The molecule has 0 spiro atoms. The fourth-order valence-electron chi connectivity index (χ4n) is 0.260. The third-order valence-electron chi connectivity index (χ3n) is 0.746. The minimum atomic E-state index is -2.77. The first-order valence-corrected chi connectivity index (χ1v) is 2.31. The molecule has 0 heterocycles. The number of alkyl halides is 2. The van der Waals surface area contributed by atoms with Gasteiger partial charge in [-0.25, -0.2) is 5.32 Å². The van der Waals surface area contributed by atoms with Crippen molar-refractivity contribution >= 4 is 5.97 Å².